The molecule has 0 aliphatic carbocycles. The Morgan fingerprint density at radius 3 is 2.94 bits per heavy atom. The fraction of sp³-hybridized carbons (Fsp3) is 0.167. The van der Waals surface area contributed by atoms with E-state index in [2.05, 4.69) is 6.58 Å². The lowest BCUT2D eigenvalue weighted by Crippen LogP contribution is -2.26. The van der Waals surface area contributed by atoms with Gasteiger partial charge >= 0.3 is 0 Å². The summed E-state index contributed by atoms with van der Waals surface area (Å²) in [7, 11) is -3.28. The third-order valence-electron chi connectivity index (χ3n) is 2.41. The lowest BCUT2D eigenvalue weighted by atomic mass is 10.2. The molecular formula is C12H13NO2S2. The quantitative estimate of drug-likeness (QED) is 0.790. The van der Waals surface area contributed by atoms with Gasteiger partial charge in [0.2, 0.25) is 10.0 Å². The number of hydrogen-bond donors (Lipinski definition) is 0. The van der Waals surface area contributed by atoms with E-state index >= 15 is 0 Å². The third-order valence-corrected chi connectivity index (χ3v) is 4.94. The Labute approximate surface area is 106 Å². The van der Waals surface area contributed by atoms with Crippen molar-refractivity contribution in [2.24, 2.45) is 0 Å². The summed E-state index contributed by atoms with van der Waals surface area (Å²) in [4.78, 5) is 1.10. The van der Waals surface area contributed by atoms with Gasteiger partial charge in [0.1, 0.15) is 0 Å². The van der Waals surface area contributed by atoms with Gasteiger partial charge in [-0.05, 0) is 17.0 Å². The average molecular weight is 267 g/mol. The van der Waals surface area contributed by atoms with Crippen molar-refractivity contribution in [3.63, 3.8) is 0 Å². The van der Waals surface area contributed by atoms with Crippen molar-refractivity contribution in [1.82, 2.24) is 4.31 Å². The summed E-state index contributed by atoms with van der Waals surface area (Å²) in [5.41, 5.74) is 1.02. The van der Waals surface area contributed by atoms with Crippen LogP contribution in [0.1, 0.15) is 5.56 Å². The number of rotatable bonds is 3. The molecule has 0 radical (unpaired) electrons. The highest BCUT2D eigenvalue weighted by molar-refractivity contribution is 8.02. The molecule has 0 atom stereocenters. The SMILES string of the molecule is C=CCS(=O)(=O)N1C=CSc2ccccc2C1. The van der Waals surface area contributed by atoms with Crippen molar-refractivity contribution in [2.75, 3.05) is 5.75 Å². The molecule has 3 nitrogen and oxygen atoms in total. The Kier molecular flexibility index (Phi) is 3.59. The van der Waals surface area contributed by atoms with Crippen LogP contribution in [0.25, 0.3) is 0 Å². The Morgan fingerprint density at radius 2 is 2.18 bits per heavy atom. The van der Waals surface area contributed by atoms with Crippen LogP contribution in [0.4, 0.5) is 0 Å². The van der Waals surface area contributed by atoms with E-state index in [1.54, 1.807) is 11.6 Å². The van der Waals surface area contributed by atoms with Gasteiger partial charge in [0.25, 0.3) is 0 Å². The summed E-state index contributed by atoms with van der Waals surface area (Å²) >= 11 is 1.53. The highest BCUT2D eigenvalue weighted by atomic mass is 32.2. The van der Waals surface area contributed by atoms with Crippen LogP contribution < -0.4 is 0 Å². The Balaban J connectivity index is 2.33. The van der Waals surface area contributed by atoms with Crippen molar-refractivity contribution in [3.8, 4) is 0 Å². The van der Waals surface area contributed by atoms with Crippen LogP contribution in [-0.2, 0) is 16.6 Å². The summed E-state index contributed by atoms with van der Waals surface area (Å²) in [6, 6.07) is 7.82. The average Bonchev–Trinajstić information content (AvgIpc) is 2.51. The normalized spacial score (nSPS) is 15.2. The molecule has 0 N–H and O–H groups in total. The minimum Gasteiger partial charge on any atom is -0.272 e. The van der Waals surface area contributed by atoms with E-state index in [9.17, 15) is 8.42 Å². The molecule has 17 heavy (non-hydrogen) atoms. The van der Waals surface area contributed by atoms with E-state index in [1.165, 1.54) is 22.1 Å². The van der Waals surface area contributed by atoms with Gasteiger partial charge in [-0.2, -0.15) is 0 Å². The third kappa shape index (κ3) is 2.73. The monoisotopic (exact) mass is 267 g/mol. The lowest BCUT2D eigenvalue weighted by molar-refractivity contribution is 0.497. The largest absolute Gasteiger partial charge is 0.272 e. The Bertz CT molecular complexity index is 549. The molecular weight excluding hydrogens is 254 g/mol. The first kappa shape index (κ1) is 12.3. The molecule has 0 saturated heterocycles. The second-order valence-electron chi connectivity index (χ2n) is 3.62. The van der Waals surface area contributed by atoms with Crippen molar-refractivity contribution >= 4 is 21.8 Å². The van der Waals surface area contributed by atoms with Crippen LogP contribution in [0.3, 0.4) is 0 Å². The molecule has 5 heteroatoms. The molecule has 0 bridgehead atoms. The molecule has 90 valence electrons. The fourth-order valence-electron chi connectivity index (χ4n) is 1.58. The van der Waals surface area contributed by atoms with Gasteiger partial charge in [-0.3, -0.25) is 4.31 Å². The first-order valence-corrected chi connectivity index (χ1v) is 7.64. The maximum absolute atomic E-state index is 11.9. The zero-order valence-electron chi connectivity index (χ0n) is 9.24. The smallest absolute Gasteiger partial charge is 0.238 e. The van der Waals surface area contributed by atoms with E-state index in [4.69, 9.17) is 0 Å². The van der Waals surface area contributed by atoms with E-state index in [0.29, 0.717) is 6.54 Å². The lowest BCUT2D eigenvalue weighted by Gasteiger charge is -2.18. The number of nitrogens with zero attached hydrogens (tertiary/aromatic N) is 1. The molecule has 1 aliphatic rings. The second-order valence-corrected chi connectivity index (χ2v) is 6.54. The standard InChI is InChI=1S/C12H13NO2S2/c1-2-9-17(14,15)13-7-8-16-12-6-4-3-5-11(12)10-13/h2-8H,1,9-10H2. The van der Waals surface area contributed by atoms with E-state index in [-0.39, 0.29) is 5.75 Å². The van der Waals surface area contributed by atoms with Gasteiger partial charge in [-0.15, -0.1) is 6.58 Å². The fourth-order valence-corrected chi connectivity index (χ4v) is 3.52. The van der Waals surface area contributed by atoms with Crippen molar-refractivity contribution in [2.45, 2.75) is 11.4 Å². The zero-order valence-corrected chi connectivity index (χ0v) is 10.9. The zero-order chi connectivity index (χ0) is 12.3. The van der Waals surface area contributed by atoms with Crippen molar-refractivity contribution in [1.29, 1.82) is 0 Å². The number of sulfonamides is 1. The molecule has 1 aromatic carbocycles. The second kappa shape index (κ2) is 4.98. The van der Waals surface area contributed by atoms with Crippen LogP contribution >= 0.6 is 11.8 Å². The molecule has 2 rings (SSSR count). The van der Waals surface area contributed by atoms with Crippen molar-refractivity contribution < 1.29 is 8.42 Å². The number of thioether (sulfide) groups is 1. The van der Waals surface area contributed by atoms with Gasteiger partial charge < -0.3 is 0 Å². The van der Waals surface area contributed by atoms with Crippen molar-refractivity contribution in [3.05, 3.63) is 54.1 Å². The highest BCUT2D eigenvalue weighted by Gasteiger charge is 2.20. The molecule has 1 aromatic rings. The number of hydrogen-bond acceptors (Lipinski definition) is 3. The van der Waals surface area contributed by atoms with E-state index in [1.807, 2.05) is 24.3 Å². The van der Waals surface area contributed by atoms with Gasteiger partial charge in [0.05, 0.1) is 12.3 Å². The summed E-state index contributed by atoms with van der Waals surface area (Å²) in [6.45, 7) is 3.86. The van der Waals surface area contributed by atoms with Crippen LogP contribution in [-0.4, -0.2) is 18.5 Å². The van der Waals surface area contributed by atoms with Gasteiger partial charge in [0.15, 0.2) is 0 Å². The predicted octanol–water partition coefficient (Wildman–Crippen LogP) is 2.58. The predicted molar refractivity (Wildman–Crippen MR) is 71.0 cm³/mol. The first-order valence-electron chi connectivity index (χ1n) is 5.15. The maximum Gasteiger partial charge on any atom is 0.238 e. The maximum atomic E-state index is 11.9. The number of benzene rings is 1. The van der Waals surface area contributed by atoms with Crippen LogP contribution in [0.15, 0.2) is 53.4 Å². The summed E-state index contributed by atoms with van der Waals surface area (Å²) in [5.74, 6) is -0.0375. The Morgan fingerprint density at radius 1 is 1.41 bits per heavy atom. The first-order chi connectivity index (χ1) is 8.13. The molecule has 1 heterocycles. The van der Waals surface area contributed by atoms with Gasteiger partial charge in [0, 0.05) is 11.1 Å². The summed E-state index contributed by atoms with van der Waals surface area (Å²) in [5, 5.41) is 1.80. The molecule has 0 aromatic heterocycles. The minimum absolute atomic E-state index is 0.0375. The summed E-state index contributed by atoms with van der Waals surface area (Å²) < 4.78 is 25.3. The van der Waals surface area contributed by atoms with Crippen LogP contribution in [0, 0.1) is 0 Å². The molecule has 0 fully saturated rings. The Hall–Kier alpha value is -1.20. The summed E-state index contributed by atoms with van der Waals surface area (Å²) in [6.07, 6.45) is 3.02. The topological polar surface area (TPSA) is 37.4 Å². The molecule has 0 unspecified atom stereocenters. The molecule has 0 saturated carbocycles. The van der Waals surface area contributed by atoms with Gasteiger partial charge in [-0.1, -0.05) is 36.0 Å². The molecule has 0 amide bonds. The van der Waals surface area contributed by atoms with Gasteiger partial charge in [-0.25, -0.2) is 8.42 Å². The highest BCUT2D eigenvalue weighted by Crippen LogP contribution is 2.29. The van der Waals surface area contributed by atoms with E-state index in [0.717, 1.165) is 10.5 Å². The van der Waals surface area contributed by atoms with E-state index < -0.39 is 10.0 Å². The van der Waals surface area contributed by atoms with Crippen LogP contribution in [0.5, 0.6) is 0 Å². The minimum atomic E-state index is -3.28. The molecule has 0 spiro atoms. The molecule has 1 aliphatic heterocycles. The number of fused-ring (bicyclic) bond motifs is 1. The van der Waals surface area contributed by atoms with Crippen LogP contribution in [0.2, 0.25) is 0 Å².